The lowest BCUT2D eigenvalue weighted by atomic mass is 9.93. The SMILES string of the molecule is CC(=O)c1cn2c3c(c(NCCCC4=NS(=O)(=O)c5ccccc54)c(F)c(N)c3c1=O)OCC21CCCC1. The summed E-state index contributed by atoms with van der Waals surface area (Å²) >= 11 is 0. The molecule has 9 nitrogen and oxygen atoms in total. The number of nitrogen functional groups attached to an aromatic ring is 1. The summed E-state index contributed by atoms with van der Waals surface area (Å²) in [4.78, 5) is 25.7. The van der Waals surface area contributed by atoms with Crippen LogP contribution in [0, 0.1) is 5.82 Å². The number of rotatable bonds is 6. The number of nitrogens with zero attached hydrogens (tertiary/aromatic N) is 2. The zero-order valence-corrected chi connectivity index (χ0v) is 21.7. The first-order chi connectivity index (χ1) is 18.1. The van der Waals surface area contributed by atoms with Crippen LogP contribution in [0.2, 0.25) is 0 Å². The molecule has 0 bridgehead atoms. The predicted molar refractivity (Wildman–Crippen MR) is 142 cm³/mol. The number of pyridine rings is 1. The van der Waals surface area contributed by atoms with Gasteiger partial charge >= 0.3 is 0 Å². The number of aromatic nitrogens is 1. The van der Waals surface area contributed by atoms with E-state index in [1.54, 1.807) is 24.4 Å². The van der Waals surface area contributed by atoms with E-state index in [0.717, 1.165) is 25.7 Å². The maximum atomic E-state index is 15.6. The first-order valence-electron chi connectivity index (χ1n) is 12.7. The molecule has 6 rings (SSSR count). The van der Waals surface area contributed by atoms with E-state index < -0.39 is 32.6 Å². The second-order valence-corrected chi connectivity index (χ2v) is 11.8. The Bertz CT molecular complexity index is 1720. The zero-order chi connectivity index (χ0) is 26.8. The van der Waals surface area contributed by atoms with Crippen LogP contribution in [0.25, 0.3) is 10.9 Å². The molecule has 3 aromatic rings. The summed E-state index contributed by atoms with van der Waals surface area (Å²) in [5.74, 6) is -1.02. The Morgan fingerprint density at radius 3 is 2.74 bits per heavy atom. The minimum atomic E-state index is -3.70. The molecule has 0 unspecified atom stereocenters. The molecule has 3 N–H and O–H groups in total. The quantitative estimate of drug-likeness (QED) is 0.276. The molecule has 0 saturated heterocycles. The first kappa shape index (κ1) is 24.6. The lowest BCUT2D eigenvalue weighted by molar-refractivity contribution is 0.101. The minimum absolute atomic E-state index is 0.0176. The molecule has 1 spiro atoms. The normalized spacial score (nSPS) is 18.3. The number of nitrogens with two attached hydrogens (primary N) is 1. The minimum Gasteiger partial charge on any atom is -0.487 e. The molecule has 1 aromatic heterocycles. The second kappa shape index (κ2) is 8.65. The van der Waals surface area contributed by atoms with E-state index in [1.165, 1.54) is 13.0 Å². The maximum absolute atomic E-state index is 15.6. The van der Waals surface area contributed by atoms with Crippen molar-refractivity contribution < 1.29 is 22.3 Å². The molecule has 3 heterocycles. The number of hydrogen-bond donors (Lipinski definition) is 2. The van der Waals surface area contributed by atoms with Crippen molar-refractivity contribution in [2.24, 2.45) is 4.40 Å². The average Bonchev–Trinajstić information content (AvgIpc) is 3.46. The molecular formula is C27H27FN4O5S. The Kier molecular flexibility index (Phi) is 5.60. The molecule has 0 amide bonds. The molecule has 0 radical (unpaired) electrons. The fraction of sp³-hybridized carbons (Fsp3) is 0.370. The van der Waals surface area contributed by atoms with Crippen LogP contribution in [0.15, 0.2) is 44.6 Å². The summed E-state index contributed by atoms with van der Waals surface area (Å²) in [5.41, 5.74) is 6.32. The van der Waals surface area contributed by atoms with Crippen molar-refractivity contribution in [3.8, 4) is 5.75 Å². The third kappa shape index (κ3) is 3.55. The zero-order valence-electron chi connectivity index (χ0n) is 20.8. The van der Waals surface area contributed by atoms with Crippen LogP contribution in [0.3, 0.4) is 0 Å². The van der Waals surface area contributed by atoms with E-state index in [-0.39, 0.29) is 39.5 Å². The molecule has 1 aliphatic carbocycles. The molecular weight excluding hydrogens is 511 g/mol. The molecule has 198 valence electrons. The Balaban J connectivity index is 1.36. The van der Waals surface area contributed by atoms with Crippen molar-refractivity contribution in [3.63, 3.8) is 0 Å². The fourth-order valence-electron chi connectivity index (χ4n) is 5.99. The topological polar surface area (TPSA) is 133 Å². The third-order valence-corrected chi connectivity index (χ3v) is 9.26. The van der Waals surface area contributed by atoms with E-state index in [0.29, 0.717) is 36.2 Å². The second-order valence-electron chi connectivity index (χ2n) is 10.2. The predicted octanol–water partition coefficient (Wildman–Crippen LogP) is 3.97. The van der Waals surface area contributed by atoms with Crippen molar-refractivity contribution in [3.05, 3.63) is 57.6 Å². The van der Waals surface area contributed by atoms with Crippen LogP contribution in [0.1, 0.15) is 61.4 Å². The highest BCUT2D eigenvalue weighted by molar-refractivity contribution is 7.90. The number of hydrogen-bond acceptors (Lipinski definition) is 7. The fourth-order valence-corrected chi connectivity index (χ4v) is 7.28. The molecule has 11 heteroatoms. The number of Topliss-reactive ketones (excluding diaryl/α,β-unsaturated/α-hetero) is 1. The van der Waals surface area contributed by atoms with Gasteiger partial charge in [-0.2, -0.15) is 12.8 Å². The van der Waals surface area contributed by atoms with Gasteiger partial charge in [-0.15, -0.1) is 0 Å². The Morgan fingerprint density at radius 2 is 2.00 bits per heavy atom. The van der Waals surface area contributed by atoms with E-state index in [9.17, 15) is 18.0 Å². The highest BCUT2D eigenvalue weighted by Crippen LogP contribution is 2.48. The molecule has 2 aromatic carbocycles. The van der Waals surface area contributed by atoms with Gasteiger partial charge in [-0.05, 0) is 38.7 Å². The third-order valence-electron chi connectivity index (χ3n) is 7.88. The summed E-state index contributed by atoms with van der Waals surface area (Å²) in [5, 5.41) is 3.03. The summed E-state index contributed by atoms with van der Waals surface area (Å²) in [6.45, 7) is 1.89. The Labute approximate surface area is 218 Å². The number of anilines is 2. The van der Waals surface area contributed by atoms with Gasteiger partial charge in [0.25, 0.3) is 10.0 Å². The van der Waals surface area contributed by atoms with Gasteiger partial charge in [0.2, 0.25) is 5.43 Å². The number of nitrogens with one attached hydrogen (secondary N) is 1. The molecule has 38 heavy (non-hydrogen) atoms. The Hall–Kier alpha value is -3.73. The number of ketones is 1. The maximum Gasteiger partial charge on any atom is 0.283 e. The highest BCUT2D eigenvalue weighted by Gasteiger charge is 2.42. The van der Waals surface area contributed by atoms with Crippen LogP contribution in [0.5, 0.6) is 5.75 Å². The standard InChI is InChI=1S/C27H27FN4O5S/c1-15(33)17-13-32-24-20(25(17)34)22(29)21(28)23(26(24)37-14-27(32)10-4-5-11-27)30-12-6-8-18-16-7-2-3-9-19(16)38(35,36)31-18/h2-3,7,9,13,30H,4-6,8,10-12,14,29H2,1H3. The largest absolute Gasteiger partial charge is 0.487 e. The molecule has 1 saturated carbocycles. The van der Waals surface area contributed by atoms with Crippen LogP contribution in [-0.2, 0) is 15.6 Å². The number of ether oxygens (including phenoxy) is 1. The van der Waals surface area contributed by atoms with Gasteiger partial charge in [-0.1, -0.05) is 31.0 Å². The number of halogens is 1. The van der Waals surface area contributed by atoms with Crippen molar-refractivity contribution >= 4 is 43.8 Å². The number of carbonyl (C=O) groups excluding carboxylic acids is 1. The van der Waals surface area contributed by atoms with E-state index >= 15 is 4.39 Å². The lowest BCUT2D eigenvalue weighted by Gasteiger charge is -2.39. The van der Waals surface area contributed by atoms with Gasteiger partial charge in [-0.3, -0.25) is 9.59 Å². The van der Waals surface area contributed by atoms with Crippen molar-refractivity contribution in [2.45, 2.75) is 55.9 Å². The summed E-state index contributed by atoms with van der Waals surface area (Å²) in [6.07, 6.45) is 5.99. The number of carbonyl (C=O) groups is 1. The van der Waals surface area contributed by atoms with Gasteiger partial charge in [0.1, 0.15) is 12.3 Å². The summed E-state index contributed by atoms with van der Waals surface area (Å²) < 4.78 is 52.3. The number of sulfonamides is 1. The molecule has 3 aliphatic rings. The van der Waals surface area contributed by atoms with Crippen LogP contribution < -0.4 is 21.2 Å². The van der Waals surface area contributed by atoms with Crippen molar-refractivity contribution in [1.82, 2.24) is 4.57 Å². The highest BCUT2D eigenvalue weighted by atomic mass is 32.2. The van der Waals surface area contributed by atoms with Crippen molar-refractivity contribution in [2.75, 3.05) is 24.2 Å². The van der Waals surface area contributed by atoms with Crippen LogP contribution >= 0.6 is 0 Å². The van der Waals surface area contributed by atoms with E-state index in [2.05, 4.69) is 9.71 Å². The van der Waals surface area contributed by atoms with Gasteiger partial charge < -0.3 is 20.4 Å². The molecule has 0 atom stereocenters. The lowest BCUT2D eigenvalue weighted by Crippen LogP contribution is -2.42. The number of benzene rings is 2. The average molecular weight is 539 g/mol. The van der Waals surface area contributed by atoms with E-state index in [1.807, 2.05) is 4.57 Å². The van der Waals surface area contributed by atoms with Gasteiger partial charge in [-0.25, -0.2) is 4.39 Å². The summed E-state index contributed by atoms with van der Waals surface area (Å²) in [7, 11) is -3.70. The summed E-state index contributed by atoms with van der Waals surface area (Å²) in [6, 6.07) is 6.67. The van der Waals surface area contributed by atoms with Gasteiger partial charge in [0.15, 0.2) is 17.3 Å². The van der Waals surface area contributed by atoms with Crippen molar-refractivity contribution in [1.29, 1.82) is 0 Å². The molecule has 1 fully saturated rings. The van der Waals surface area contributed by atoms with Crippen LogP contribution in [-0.4, -0.2) is 37.6 Å². The van der Waals surface area contributed by atoms with Crippen LogP contribution in [0.4, 0.5) is 15.8 Å². The van der Waals surface area contributed by atoms with Gasteiger partial charge in [0.05, 0.1) is 38.3 Å². The first-order valence-corrected chi connectivity index (χ1v) is 14.1. The van der Waals surface area contributed by atoms with E-state index in [4.69, 9.17) is 10.5 Å². The number of fused-ring (bicyclic) bond motifs is 2. The van der Waals surface area contributed by atoms with Gasteiger partial charge in [0, 0.05) is 18.3 Å². The molecule has 2 aliphatic heterocycles. The Morgan fingerprint density at radius 1 is 1.26 bits per heavy atom. The monoisotopic (exact) mass is 538 g/mol. The smallest absolute Gasteiger partial charge is 0.283 e.